The molecule has 2 aromatic rings. The standard InChI is InChI=1S/C15H19ClN2/c1-10-14(16)11(2)18(17-10)13-8-6-12(7-9-13)15(3,4)5/h6-9H,1-5H3. The van der Waals surface area contributed by atoms with Crippen LogP contribution >= 0.6 is 11.6 Å². The van der Waals surface area contributed by atoms with Crippen molar-refractivity contribution in [1.82, 2.24) is 9.78 Å². The molecule has 96 valence electrons. The van der Waals surface area contributed by atoms with Gasteiger partial charge in [-0.3, -0.25) is 0 Å². The Balaban J connectivity index is 2.44. The van der Waals surface area contributed by atoms with Crippen molar-refractivity contribution in [2.24, 2.45) is 0 Å². The van der Waals surface area contributed by atoms with E-state index in [1.54, 1.807) is 0 Å². The lowest BCUT2D eigenvalue weighted by atomic mass is 9.87. The summed E-state index contributed by atoms with van der Waals surface area (Å²) in [5, 5.41) is 5.20. The minimum Gasteiger partial charge on any atom is -0.236 e. The van der Waals surface area contributed by atoms with Gasteiger partial charge in [0.2, 0.25) is 0 Å². The summed E-state index contributed by atoms with van der Waals surface area (Å²) in [6.07, 6.45) is 0. The zero-order valence-corrected chi connectivity index (χ0v) is 12.3. The molecule has 18 heavy (non-hydrogen) atoms. The summed E-state index contributed by atoms with van der Waals surface area (Å²) in [7, 11) is 0. The highest BCUT2D eigenvalue weighted by Gasteiger charge is 2.14. The number of rotatable bonds is 1. The van der Waals surface area contributed by atoms with Crippen LogP contribution in [-0.4, -0.2) is 9.78 Å². The maximum Gasteiger partial charge on any atom is 0.0848 e. The summed E-state index contributed by atoms with van der Waals surface area (Å²) < 4.78 is 1.89. The van der Waals surface area contributed by atoms with E-state index in [9.17, 15) is 0 Å². The predicted molar refractivity (Wildman–Crippen MR) is 76.7 cm³/mol. The van der Waals surface area contributed by atoms with Gasteiger partial charge in [0.05, 0.1) is 22.1 Å². The Kier molecular flexibility index (Phi) is 3.24. The fourth-order valence-corrected chi connectivity index (χ4v) is 2.10. The van der Waals surface area contributed by atoms with E-state index in [0.29, 0.717) is 0 Å². The molecular formula is C15H19ClN2. The van der Waals surface area contributed by atoms with Crippen LogP contribution in [0, 0.1) is 13.8 Å². The third-order valence-corrected chi connectivity index (χ3v) is 3.73. The molecule has 0 unspecified atom stereocenters. The molecule has 0 spiro atoms. The van der Waals surface area contributed by atoms with Gasteiger partial charge < -0.3 is 0 Å². The molecular weight excluding hydrogens is 244 g/mol. The number of nitrogens with zero attached hydrogens (tertiary/aromatic N) is 2. The van der Waals surface area contributed by atoms with Crippen LogP contribution in [0.15, 0.2) is 24.3 Å². The van der Waals surface area contributed by atoms with E-state index in [-0.39, 0.29) is 5.41 Å². The molecule has 0 N–H and O–H groups in total. The zero-order valence-electron chi connectivity index (χ0n) is 11.6. The number of hydrogen-bond acceptors (Lipinski definition) is 1. The van der Waals surface area contributed by atoms with E-state index in [4.69, 9.17) is 11.6 Å². The van der Waals surface area contributed by atoms with Gasteiger partial charge in [-0.25, -0.2) is 4.68 Å². The van der Waals surface area contributed by atoms with Crippen molar-refractivity contribution >= 4 is 11.6 Å². The van der Waals surface area contributed by atoms with Crippen molar-refractivity contribution < 1.29 is 0 Å². The Bertz CT molecular complexity index is 559. The molecule has 2 nitrogen and oxygen atoms in total. The van der Waals surface area contributed by atoms with Crippen LogP contribution < -0.4 is 0 Å². The number of hydrogen-bond donors (Lipinski definition) is 0. The van der Waals surface area contributed by atoms with E-state index >= 15 is 0 Å². The minimum atomic E-state index is 0.172. The Hall–Kier alpha value is -1.28. The van der Waals surface area contributed by atoms with Crippen molar-refractivity contribution in [3.05, 3.63) is 46.2 Å². The lowest BCUT2D eigenvalue weighted by Gasteiger charge is -2.19. The molecule has 1 heterocycles. The van der Waals surface area contributed by atoms with Crippen molar-refractivity contribution in [3.63, 3.8) is 0 Å². The molecule has 1 aromatic carbocycles. The van der Waals surface area contributed by atoms with Crippen LogP contribution in [0.5, 0.6) is 0 Å². The average Bonchev–Trinajstić information content (AvgIpc) is 2.56. The van der Waals surface area contributed by atoms with E-state index < -0.39 is 0 Å². The van der Waals surface area contributed by atoms with Crippen LogP contribution in [-0.2, 0) is 5.41 Å². The first kappa shape index (κ1) is 13.2. The van der Waals surface area contributed by atoms with Gasteiger partial charge >= 0.3 is 0 Å². The smallest absolute Gasteiger partial charge is 0.0848 e. The molecule has 0 aliphatic carbocycles. The minimum absolute atomic E-state index is 0.172. The van der Waals surface area contributed by atoms with Crippen molar-refractivity contribution in [2.45, 2.75) is 40.0 Å². The molecule has 0 bridgehead atoms. The average molecular weight is 263 g/mol. The third kappa shape index (κ3) is 2.30. The van der Waals surface area contributed by atoms with Gasteiger partial charge in [0.15, 0.2) is 0 Å². The molecule has 1 aromatic heterocycles. The van der Waals surface area contributed by atoms with Gasteiger partial charge in [0.1, 0.15) is 0 Å². The fraction of sp³-hybridized carbons (Fsp3) is 0.400. The van der Waals surface area contributed by atoms with E-state index in [2.05, 4.69) is 50.1 Å². The largest absolute Gasteiger partial charge is 0.236 e. The van der Waals surface area contributed by atoms with Gasteiger partial charge in [0, 0.05) is 0 Å². The topological polar surface area (TPSA) is 17.8 Å². The third-order valence-electron chi connectivity index (χ3n) is 3.18. The van der Waals surface area contributed by atoms with Gasteiger partial charge in [0.25, 0.3) is 0 Å². The Morgan fingerprint density at radius 3 is 2.00 bits per heavy atom. The van der Waals surface area contributed by atoms with Crippen molar-refractivity contribution in [1.29, 1.82) is 0 Å². The molecule has 0 aliphatic rings. The van der Waals surface area contributed by atoms with Gasteiger partial charge in [-0.2, -0.15) is 5.10 Å². The first-order chi connectivity index (χ1) is 8.30. The second-order valence-electron chi connectivity index (χ2n) is 5.69. The predicted octanol–water partition coefficient (Wildman–Crippen LogP) is 4.44. The molecule has 0 saturated heterocycles. The summed E-state index contributed by atoms with van der Waals surface area (Å²) in [5.41, 5.74) is 4.40. The maximum absolute atomic E-state index is 6.17. The van der Waals surface area contributed by atoms with Crippen LogP contribution in [0.3, 0.4) is 0 Å². The summed E-state index contributed by atoms with van der Waals surface area (Å²) in [6.45, 7) is 10.5. The molecule has 0 atom stereocenters. The normalized spacial score (nSPS) is 11.9. The summed E-state index contributed by atoms with van der Waals surface area (Å²) in [4.78, 5) is 0. The number of aromatic nitrogens is 2. The highest BCUT2D eigenvalue weighted by molar-refractivity contribution is 6.31. The lowest BCUT2D eigenvalue weighted by molar-refractivity contribution is 0.590. The second kappa shape index (κ2) is 4.43. The summed E-state index contributed by atoms with van der Waals surface area (Å²) >= 11 is 6.17. The van der Waals surface area contributed by atoms with Gasteiger partial charge in [-0.1, -0.05) is 44.5 Å². The first-order valence-electron chi connectivity index (χ1n) is 6.13. The van der Waals surface area contributed by atoms with Crippen LogP contribution in [0.25, 0.3) is 5.69 Å². The van der Waals surface area contributed by atoms with Crippen molar-refractivity contribution in [2.75, 3.05) is 0 Å². The summed E-state index contributed by atoms with van der Waals surface area (Å²) in [5.74, 6) is 0. The molecule has 0 fully saturated rings. The lowest BCUT2D eigenvalue weighted by Crippen LogP contribution is -2.11. The zero-order chi connectivity index (χ0) is 13.5. The van der Waals surface area contributed by atoms with Crippen LogP contribution in [0.1, 0.15) is 37.7 Å². The molecule has 0 saturated carbocycles. The molecule has 0 aliphatic heterocycles. The Morgan fingerprint density at radius 2 is 1.61 bits per heavy atom. The van der Waals surface area contributed by atoms with E-state index in [1.165, 1.54) is 5.56 Å². The maximum atomic E-state index is 6.17. The Labute approximate surface area is 114 Å². The number of halogens is 1. The molecule has 2 rings (SSSR count). The van der Waals surface area contributed by atoms with Crippen LogP contribution in [0.2, 0.25) is 5.02 Å². The number of aryl methyl sites for hydroxylation is 1. The first-order valence-corrected chi connectivity index (χ1v) is 6.51. The fourth-order valence-electron chi connectivity index (χ4n) is 1.98. The number of benzene rings is 1. The van der Waals surface area contributed by atoms with E-state index in [1.807, 2.05) is 18.5 Å². The highest BCUT2D eigenvalue weighted by Crippen LogP contribution is 2.25. The molecule has 0 amide bonds. The van der Waals surface area contributed by atoms with Gasteiger partial charge in [-0.05, 0) is 37.0 Å². The second-order valence-corrected chi connectivity index (χ2v) is 6.07. The Morgan fingerprint density at radius 1 is 1.06 bits per heavy atom. The van der Waals surface area contributed by atoms with Crippen molar-refractivity contribution in [3.8, 4) is 5.69 Å². The van der Waals surface area contributed by atoms with E-state index in [0.717, 1.165) is 22.1 Å². The monoisotopic (exact) mass is 262 g/mol. The van der Waals surface area contributed by atoms with Gasteiger partial charge in [-0.15, -0.1) is 0 Å². The van der Waals surface area contributed by atoms with Crippen LogP contribution in [0.4, 0.5) is 0 Å². The highest BCUT2D eigenvalue weighted by atomic mass is 35.5. The molecule has 3 heteroatoms. The quantitative estimate of drug-likeness (QED) is 0.743. The SMILES string of the molecule is Cc1nn(-c2ccc(C(C)(C)C)cc2)c(C)c1Cl. The summed E-state index contributed by atoms with van der Waals surface area (Å²) in [6, 6.07) is 8.49. The molecule has 0 radical (unpaired) electrons.